The smallest absolute Gasteiger partial charge is 0.188 e. The van der Waals surface area contributed by atoms with Crippen LogP contribution < -0.4 is 15.8 Å². The van der Waals surface area contributed by atoms with Gasteiger partial charge in [0, 0.05) is 37.0 Å². The van der Waals surface area contributed by atoms with Gasteiger partial charge in [-0.25, -0.2) is 4.99 Å². The standard InChI is InChI=1S/C21H28N4O2/c1-16-7-8-17(20(13-16)27-15-19-6-4-12-26-19)14-25-21(22)24-11-9-18-5-2-3-10-23-18/h2-3,5,7-8,10,13,19H,4,6,9,11-12,14-15H2,1H3,(H3,22,24,25). The van der Waals surface area contributed by atoms with E-state index in [1.807, 2.05) is 30.3 Å². The predicted molar refractivity (Wildman–Crippen MR) is 107 cm³/mol. The second-order valence-corrected chi connectivity index (χ2v) is 6.76. The fourth-order valence-electron chi connectivity index (χ4n) is 2.98. The van der Waals surface area contributed by atoms with Crippen LogP contribution in [0.1, 0.15) is 29.7 Å². The van der Waals surface area contributed by atoms with Crippen LogP contribution in [0.15, 0.2) is 47.6 Å². The molecule has 1 aromatic carbocycles. The molecular weight excluding hydrogens is 340 g/mol. The molecule has 0 amide bonds. The van der Waals surface area contributed by atoms with Crippen LogP contribution in [0.4, 0.5) is 0 Å². The fourth-order valence-corrected chi connectivity index (χ4v) is 2.98. The number of hydrogen-bond acceptors (Lipinski definition) is 4. The number of nitrogens with two attached hydrogens (primary N) is 1. The van der Waals surface area contributed by atoms with E-state index in [0.717, 1.165) is 48.4 Å². The number of guanidine groups is 1. The van der Waals surface area contributed by atoms with E-state index in [4.69, 9.17) is 15.2 Å². The van der Waals surface area contributed by atoms with Gasteiger partial charge in [-0.3, -0.25) is 4.98 Å². The maximum Gasteiger partial charge on any atom is 0.188 e. The van der Waals surface area contributed by atoms with E-state index >= 15 is 0 Å². The molecule has 0 spiro atoms. The zero-order chi connectivity index (χ0) is 18.9. The molecule has 0 radical (unpaired) electrons. The van der Waals surface area contributed by atoms with Crippen LogP contribution in [0.3, 0.4) is 0 Å². The topological polar surface area (TPSA) is 81.8 Å². The lowest BCUT2D eigenvalue weighted by Gasteiger charge is -2.15. The molecular formula is C21H28N4O2. The Balaban J connectivity index is 1.51. The van der Waals surface area contributed by atoms with E-state index in [-0.39, 0.29) is 6.10 Å². The molecule has 6 heteroatoms. The summed E-state index contributed by atoms with van der Waals surface area (Å²) >= 11 is 0. The molecule has 0 bridgehead atoms. The first kappa shape index (κ1) is 19.2. The average Bonchev–Trinajstić information content (AvgIpc) is 3.20. The molecule has 1 saturated heterocycles. The van der Waals surface area contributed by atoms with Crippen molar-refractivity contribution in [3.8, 4) is 5.75 Å². The van der Waals surface area contributed by atoms with E-state index in [9.17, 15) is 0 Å². The summed E-state index contributed by atoms with van der Waals surface area (Å²) in [5, 5.41) is 3.14. The molecule has 0 aliphatic carbocycles. The molecule has 3 rings (SSSR count). The van der Waals surface area contributed by atoms with Gasteiger partial charge < -0.3 is 20.5 Å². The minimum Gasteiger partial charge on any atom is -0.491 e. The first-order valence-corrected chi connectivity index (χ1v) is 9.48. The Bertz CT molecular complexity index is 743. The normalized spacial score (nSPS) is 17.1. The van der Waals surface area contributed by atoms with Crippen molar-refractivity contribution in [1.29, 1.82) is 0 Å². The summed E-state index contributed by atoms with van der Waals surface area (Å²) in [5.41, 5.74) is 9.21. The highest BCUT2D eigenvalue weighted by Crippen LogP contribution is 2.23. The van der Waals surface area contributed by atoms with Crippen molar-refractivity contribution in [3.05, 3.63) is 59.4 Å². The number of nitrogens with zero attached hydrogens (tertiary/aromatic N) is 2. The summed E-state index contributed by atoms with van der Waals surface area (Å²) in [7, 11) is 0. The molecule has 1 fully saturated rings. The number of aliphatic imine (C=N–C) groups is 1. The van der Waals surface area contributed by atoms with Crippen molar-refractivity contribution in [2.45, 2.75) is 38.8 Å². The summed E-state index contributed by atoms with van der Waals surface area (Å²) in [4.78, 5) is 8.74. The van der Waals surface area contributed by atoms with Gasteiger partial charge >= 0.3 is 0 Å². The highest BCUT2D eigenvalue weighted by molar-refractivity contribution is 5.77. The Morgan fingerprint density at radius 3 is 3.07 bits per heavy atom. The average molecular weight is 368 g/mol. The van der Waals surface area contributed by atoms with Gasteiger partial charge in [-0.1, -0.05) is 18.2 Å². The molecule has 6 nitrogen and oxygen atoms in total. The third kappa shape index (κ3) is 6.25. The Hall–Kier alpha value is -2.60. The largest absolute Gasteiger partial charge is 0.491 e. The van der Waals surface area contributed by atoms with E-state index in [0.29, 0.717) is 25.7 Å². The number of aromatic nitrogens is 1. The van der Waals surface area contributed by atoms with Gasteiger partial charge in [-0.2, -0.15) is 0 Å². The Labute approximate surface area is 160 Å². The SMILES string of the molecule is Cc1ccc(CN=C(N)NCCc2ccccn2)c(OCC2CCCO2)c1. The molecule has 27 heavy (non-hydrogen) atoms. The van der Waals surface area contributed by atoms with Crippen molar-refractivity contribution in [1.82, 2.24) is 10.3 Å². The van der Waals surface area contributed by atoms with Gasteiger partial charge in [0.05, 0.1) is 12.6 Å². The number of pyridine rings is 1. The highest BCUT2D eigenvalue weighted by Gasteiger charge is 2.16. The van der Waals surface area contributed by atoms with Crippen LogP contribution in [0.25, 0.3) is 0 Å². The van der Waals surface area contributed by atoms with Crippen LogP contribution in [0.2, 0.25) is 0 Å². The second-order valence-electron chi connectivity index (χ2n) is 6.76. The summed E-state index contributed by atoms with van der Waals surface area (Å²) in [5.74, 6) is 1.28. The minimum absolute atomic E-state index is 0.195. The van der Waals surface area contributed by atoms with Crippen molar-refractivity contribution in [2.24, 2.45) is 10.7 Å². The molecule has 1 aliphatic heterocycles. The molecule has 144 valence electrons. The second kappa shape index (κ2) is 9.92. The number of hydrogen-bond donors (Lipinski definition) is 2. The number of benzene rings is 1. The zero-order valence-corrected chi connectivity index (χ0v) is 15.9. The van der Waals surface area contributed by atoms with Crippen LogP contribution in [0, 0.1) is 6.92 Å². The Morgan fingerprint density at radius 1 is 1.37 bits per heavy atom. The zero-order valence-electron chi connectivity index (χ0n) is 15.9. The minimum atomic E-state index is 0.195. The monoisotopic (exact) mass is 368 g/mol. The summed E-state index contributed by atoms with van der Waals surface area (Å²) in [6.45, 7) is 4.64. The molecule has 2 heterocycles. The van der Waals surface area contributed by atoms with Gasteiger partial charge in [0.2, 0.25) is 0 Å². The first-order chi connectivity index (χ1) is 13.2. The summed E-state index contributed by atoms with van der Waals surface area (Å²) in [6.07, 6.45) is 4.96. The van der Waals surface area contributed by atoms with E-state index < -0.39 is 0 Å². The lowest BCUT2D eigenvalue weighted by molar-refractivity contribution is 0.0676. The summed E-state index contributed by atoms with van der Waals surface area (Å²) < 4.78 is 11.6. The lowest BCUT2D eigenvalue weighted by atomic mass is 10.1. The van der Waals surface area contributed by atoms with Crippen molar-refractivity contribution in [3.63, 3.8) is 0 Å². The molecule has 1 aromatic heterocycles. The van der Waals surface area contributed by atoms with E-state index in [1.54, 1.807) is 6.20 Å². The lowest BCUT2D eigenvalue weighted by Crippen LogP contribution is -2.33. The maximum atomic E-state index is 6.01. The number of ether oxygens (including phenoxy) is 2. The maximum absolute atomic E-state index is 6.01. The first-order valence-electron chi connectivity index (χ1n) is 9.48. The van der Waals surface area contributed by atoms with Gasteiger partial charge in [0.25, 0.3) is 0 Å². The Morgan fingerprint density at radius 2 is 2.30 bits per heavy atom. The molecule has 1 unspecified atom stereocenters. The van der Waals surface area contributed by atoms with Crippen LogP contribution in [-0.4, -0.2) is 36.8 Å². The summed E-state index contributed by atoms with van der Waals surface area (Å²) in [6, 6.07) is 12.0. The third-order valence-electron chi connectivity index (χ3n) is 4.50. The molecule has 3 N–H and O–H groups in total. The van der Waals surface area contributed by atoms with E-state index in [2.05, 4.69) is 28.3 Å². The number of nitrogens with one attached hydrogen (secondary N) is 1. The fraction of sp³-hybridized carbons (Fsp3) is 0.429. The van der Waals surface area contributed by atoms with E-state index in [1.165, 1.54) is 0 Å². The van der Waals surface area contributed by atoms with Crippen molar-refractivity contribution in [2.75, 3.05) is 19.8 Å². The van der Waals surface area contributed by atoms with Gasteiger partial charge in [0.15, 0.2) is 5.96 Å². The third-order valence-corrected chi connectivity index (χ3v) is 4.50. The molecule has 1 atom stereocenters. The Kier molecular flexibility index (Phi) is 7.04. The van der Waals surface area contributed by atoms with Gasteiger partial charge in [-0.05, 0) is 43.5 Å². The van der Waals surface area contributed by atoms with Crippen LogP contribution in [-0.2, 0) is 17.7 Å². The van der Waals surface area contributed by atoms with Crippen LogP contribution in [0.5, 0.6) is 5.75 Å². The van der Waals surface area contributed by atoms with Gasteiger partial charge in [-0.15, -0.1) is 0 Å². The number of rotatable bonds is 8. The highest BCUT2D eigenvalue weighted by atomic mass is 16.5. The predicted octanol–water partition coefficient (Wildman–Crippen LogP) is 2.59. The van der Waals surface area contributed by atoms with Crippen LogP contribution >= 0.6 is 0 Å². The molecule has 1 aliphatic rings. The van der Waals surface area contributed by atoms with Gasteiger partial charge in [0.1, 0.15) is 12.4 Å². The van der Waals surface area contributed by atoms with Crippen molar-refractivity contribution >= 4 is 5.96 Å². The van der Waals surface area contributed by atoms with Crippen molar-refractivity contribution < 1.29 is 9.47 Å². The molecule has 2 aromatic rings. The quantitative estimate of drug-likeness (QED) is 0.553. The molecule has 0 saturated carbocycles. The number of aryl methyl sites for hydroxylation is 1.